The summed E-state index contributed by atoms with van der Waals surface area (Å²) in [6.07, 6.45) is 6.33. The van der Waals surface area contributed by atoms with Crippen LogP contribution in [0.25, 0.3) is 150 Å². The van der Waals surface area contributed by atoms with Gasteiger partial charge in [-0.25, -0.2) is 0 Å². The lowest BCUT2D eigenvalue weighted by atomic mass is 9.79. The average molecular weight is 1070 g/mol. The van der Waals surface area contributed by atoms with Crippen LogP contribution in [0.5, 0.6) is 0 Å². The van der Waals surface area contributed by atoms with E-state index in [1.54, 1.807) is 0 Å². The second-order valence-corrected chi connectivity index (χ2v) is 24.0. The van der Waals surface area contributed by atoms with E-state index in [2.05, 4.69) is 275 Å². The lowest BCUT2D eigenvalue weighted by molar-refractivity contribution is 0.659. The first kappa shape index (κ1) is 46.0. The molecule has 0 unspecified atom stereocenters. The summed E-state index contributed by atoms with van der Waals surface area (Å²) in [6.45, 7) is 9.03. The van der Waals surface area contributed by atoms with Gasteiger partial charge in [-0.2, -0.15) is 5.26 Å². The molecule has 0 aliphatic heterocycles. The van der Waals surface area contributed by atoms with Crippen LogP contribution in [-0.4, -0.2) is 18.3 Å². The molecule has 7 heteroatoms. The lowest BCUT2D eigenvalue weighted by Gasteiger charge is -2.34. The van der Waals surface area contributed by atoms with Crippen molar-refractivity contribution in [1.82, 2.24) is 18.3 Å². The van der Waals surface area contributed by atoms with Crippen molar-refractivity contribution >= 4 is 150 Å². The van der Waals surface area contributed by atoms with E-state index in [0.29, 0.717) is 5.56 Å². The van der Waals surface area contributed by atoms with Crippen molar-refractivity contribution in [2.45, 2.75) is 19.3 Å². The van der Waals surface area contributed by atoms with Crippen LogP contribution in [0, 0.1) is 11.3 Å². The van der Waals surface area contributed by atoms with Crippen molar-refractivity contribution in [2.75, 3.05) is 0 Å². The number of hydrogen-bond acceptors (Lipinski definition) is 3. The first-order valence-electron chi connectivity index (χ1n) is 27.5. The molecule has 0 saturated carbocycles. The van der Waals surface area contributed by atoms with Gasteiger partial charge in [0, 0.05) is 85.0 Å². The van der Waals surface area contributed by atoms with Gasteiger partial charge in [0.2, 0.25) is 0 Å². The van der Waals surface area contributed by atoms with Gasteiger partial charge in [-0.15, -0.1) is 22.7 Å². The van der Waals surface area contributed by atoms with Gasteiger partial charge >= 0.3 is 0 Å². The van der Waals surface area contributed by atoms with Crippen LogP contribution < -0.4 is 0 Å². The fourth-order valence-electron chi connectivity index (χ4n) is 13.9. The highest BCUT2D eigenvalue weighted by atomic mass is 32.1. The van der Waals surface area contributed by atoms with Crippen molar-refractivity contribution in [2.24, 2.45) is 0 Å². The summed E-state index contributed by atoms with van der Waals surface area (Å²) in [4.78, 5) is 0. The molecule has 17 rings (SSSR count). The Balaban J connectivity index is 1.25. The zero-order valence-electron chi connectivity index (χ0n) is 44.3. The van der Waals surface area contributed by atoms with Gasteiger partial charge < -0.3 is 18.3 Å². The van der Waals surface area contributed by atoms with Crippen LogP contribution in [0.1, 0.15) is 25.0 Å². The normalized spacial score (nSPS) is 12.6. The first-order valence-corrected chi connectivity index (χ1v) is 29.2. The molecule has 0 amide bonds. The minimum Gasteiger partial charge on any atom is -0.306 e. The van der Waals surface area contributed by atoms with Gasteiger partial charge in [-0.05, 0) is 48.5 Å². The maximum atomic E-state index is 13.1. The molecule has 0 aliphatic carbocycles. The predicted octanol–water partition coefficient (Wildman–Crippen LogP) is 20.7. The molecule has 0 atom stereocenters. The Hall–Kier alpha value is -9.97. The largest absolute Gasteiger partial charge is 0.306 e. The van der Waals surface area contributed by atoms with E-state index in [0.717, 1.165) is 116 Å². The van der Waals surface area contributed by atoms with E-state index in [9.17, 15) is 5.26 Å². The number of thiophene rings is 2. The van der Waals surface area contributed by atoms with Crippen LogP contribution in [-0.2, 0) is 5.41 Å². The monoisotopic (exact) mass is 1070 g/mol. The van der Waals surface area contributed by atoms with E-state index in [-0.39, 0.29) is 0 Å². The van der Waals surface area contributed by atoms with E-state index in [1.807, 2.05) is 28.7 Å². The quantitative estimate of drug-likeness (QED) is 0.147. The molecule has 0 fully saturated rings. The van der Waals surface area contributed by atoms with E-state index >= 15 is 0 Å². The summed E-state index contributed by atoms with van der Waals surface area (Å²) in [5.41, 5.74) is 12.7. The second-order valence-electron chi connectivity index (χ2n) is 21.9. The van der Waals surface area contributed by atoms with Crippen molar-refractivity contribution in [3.8, 4) is 28.8 Å². The Morgan fingerprint density at radius 3 is 1.04 bits per heavy atom. The maximum absolute atomic E-state index is 13.1. The fourth-order valence-corrected chi connectivity index (χ4v) is 16.4. The molecule has 11 aromatic carbocycles. The van der Waals surface area contributed by atoms with E-state index in [4.69, 9.17) is 0 Å². The van der Waals surface area contributed by atoms with E-state index in [1.165, 1.54) is 40.3 Å². The predicted molar refractivity (Wildman–Crippen MR) is 347 cm³/mol. The highest BCUT2D eigenvalue weighted by molar-refractivity contribution is 7.27. The highest BCUT2D eigenvalue weighted by Crippen LogP contribution is 2.54. The Labute approximate surface area is 473 Å². The molecule has 0 saturated heterocycles. The number of aromatic nitrogens is 4. The van der Waals surface area contributed by atoms with Crippen LogP contribution in [0.3, 0.4) is 0 Å². The van der Waals surface area contributed by atoms with Crippen molar-refractivity contribution in [3.63, 3.8) is 0 Å². The highest BCUT2D eigenvalue weighted by Gasteiger charge is 2.39. The third-order valence-electron chi connectivity index (χ3n) is 17.2. The van der Waals surface area contributed by atoms with Crippen molar-refractivity contribution in [1.29, 1.82) is 5.26 Å². The fraction of sp³-hybridized carbons (Fsp3) is 0.0405. The molecule has 0 radical (unpaired) electrons. The van der Waals surface area contributed by atoms with Gasteiger partial charge in [0.05, 0.1) is 76.3 Å². The van der Waals surface area contributed by atoms with Gasteiger partial charge in [-0.1, -0.05) is 209 Å². The molecule has 0 aliphatic rings. The number of nitriles is 1. The molecule has 6 heterocycles. The molecule has 0 bridgehead atoms. The van der Waals surface area contributed by atoms with Crippen LogP contribution in [0.4, 0.5) is 0 Å². The molecular weight excluding hydrogens is 1020 g/mol. The number of rotatable bonds is 7. The van der Waals surface area contributed by atoms with Gasteiger partial charge in [0.25, 0.3) is 0 Å². The molecule has 6 aromatic heterocycles. The molecule has 5 nitrogen and oxygen atoms in total. The molecule has 0 spiro atoms. The van der Waals surface area contributed by atoms with Crippen LogP contribution >= 0.6 is 22.7 Å². The topological polar surface area (TPSA) is 43.5 Å². The number of nitrogens with zero attached hydrogens (tertiary/aromatic N) is 5. The first-order chi connectivity index (χ1) is 39.9. The third-order valence-corrected chi connectivity index (χ3v) is 19.6. The molecule has 380 valence electrons. The summed E-state index contributed by atoms with van der Waals surface area (Å²) in [5.74, 6) is 0. The molecule has 0 N–H and O–H groups in total. The van der Waals surface area contributed by atoms with Gasteiger partial charge in [-0.3, -0.25) is 0 Å². The van der Waals surface area contributed by atoms with Crippen LogP contribution in [0.2, 0.25) is 0 Å². The maximum Gasteiger partial charge on any atom is 0.104 e. The van der Waals surface area contributed by atoms with Gasteiger partial charge in [0.1, 0.15) is 11.6 Å². The number of fused-ring (bicyclic) bond motifs is 20. The molecule has 17 aromatic rings. The van der Waals surface area contributed by atoms with E-state index < -0.39 is 5.41 Å². The van der Waals surface area contributed by atoms with Crippen LogP contribution in [0.15, 0.2) is 243 Å². The zero-order chi connectivity index (χ0) is 53.8. The molecule has 81 heavy (non-hydrogen) atoms. The SMILES string of the molecule is C=C/C=C\C(C)(C)c1c(-n2c3ccccc3c3ccc4c5ccccc5sc4c32)c(-n2c3ccccc3c3ccccc32)c(C#N)c(-n2c3ccccc3c3ccccc32)c1-n1c2ccccc2c2ccc3c4ccccc4sc3c21. The third kappa shape index (κ3) is 6.18. The number of benzene rings is 11. The zero-order valence-corrected chi connectivity index (χ0v) is 45.9. The standard InChI is InChI=1S/C74H47N5S2/c1-4-5-42-74(2,3)65-70(78-61-34-18-10-26-48(61)52-38-40-54-50-28-12-20-36-63(50)80-72(54)68(52)78)66(76-57-30-14-6-22-44(57)45-23-7-15-31-58(45)76)56(43-75)67(77-59-32-16-8-24-46(59)47-25-9-17-33-60(47)77)71(65)79-62-35-19-11-27-49(62)53-39-41-55-51-29-13-21-37-64(51)81-73(55)69(53)79/h4-42H,1H2,2-3H3/b42-5-. The average Bonchev–Trinajstić information content (AvgIpc) is 2.33. The Kier molecular flexibility index (Phi) is 9.66. The number of para-hydroxylation sites is 6. The minimum absolute atomic E-state index is 0.550. The van der Waals surface area contributed by atoms with Crippen molar-refractivity contribution < 1.29 is 0 Å². The van der Waals surface area contributed by atoms with Gasteiger partial charge in [0.15, 0.2) is 0 Å². The number of hydrogen-bond donors (Lipinski definition) is 0. The minimum atomic E-state index is -0.786. The lowest BCUT2D eigenvalue weighted by Crippen LogP contribution is -2.25. The Morgan fingerprint density at radius 1 is 0.370 bits per heavy atom. The van der Waals surface area contributed by atoms with Crippen molar-refractivity contribution in [3.05, 3.63) is 254 Å². The summed E-state index contributed by atoms with van der Waals surface area (Å²) >= 11 is 3.69. The second kappa shape index (κ2) is 17.0. The summed E-state index contributed by atoms with van der Waals surface area (Å²) in [6, 6.07) is 82.8. The summed E-state index contributed by atoms with van der Waals surface area (Å²) in [5, 5.41) is 27.0. The summed E-state index contributed by atoms with van der Waals surface area (Å²) < 4.78 is 14.8. The molecular formula is C74H47N5S2. The summed E-state index contributed by atoms with van der Waals surface area (Å²) in [7, 11) is 0. The smallest absolute Gasteiger partial charge is 0.104 e. The Morgan fingerprint density at radius 2 is 0.679 bits per heavy atom. The number of allylic oxidation sites excluding steroid dienone is 3. The Bertz CT molecular complexity index is 5240.